The average molecular weight is 217 g/mol. The van der Waals surface area contributed by atoms with Crippen molar-refractivity contribution in [2.24, 2.45) is 0 Å². The second-order valence-electron chi connectivity index (χ2n) is 3.29. The minimum atomic E-state index is 0.216. The number of rotatable bonds is 4. The number of nitrogens with zero attached hydrogens (tertiary/aromatic N) is 1. The van der Waals surface area contributed by atoms with Gasteiger partial charge in [-0.15, -0.1) is 0 Å². The molecule has 0 aromatic carbocycles. The number of carbonyl (C=O) groups excluding carboxylic acids is 1. The lowest BCUT2D eigenvalue weighted by Gasteiger charge is -1.98. The molecule has 2 aromatic heterocycles. The number of aryl methyl sites for hydroxylation is 1. The smallest absolute Gasteiger partial charge is 0.164 e. The van der Waals surface area contributed by atoms with Gasteiger partial charge < -0.3 is 0 Å². The zero-order valence-electron chi connectivity index (χ0n) is 8.22. The van der Waals surface area contributed by atoms with E-state index in [0.29, 0.717) is 6.42 Å². The molecule has 0 aliphatic carbocycles. The van der Waals surface area contributed by atoms with E-state index in [4.69, 9.17) is 0 Å². The molecule has 0 fully saturated rings. The molecule has 2 aromatic rings. The van der Waals surface area contributed by atoms with Crippen LogP contribution in [0.15, 0.2) is 41.4 Å². The van der Waals surface area contributed by atoms with Crippen molar-refractivity contribution < 1.29 is 4.79 Å². The average Bonchev–Trinajstić information content (AvgIpc) is 2.81. The standard InChI is InChI=1S/C12H11NOS/c14-12(11-5-8-15-9-11)2-1-10-3-6-13-7-4-10/h3-9H,1-2H2. The molecule has 0 N–H and O–H groups in total. The monoisotopic (exact) mass is 217 g/mol. The van der Waals surface area contributed by atoms with Crippen molar-refractivity contribution in [3.8, 4) is 0 Å². The van der Waals surface area contributed by atoms with Gasteiger partial charge in [0.15, 0.2) is 5.78 Å². The Morgan fingerprint density at radius 1 is 1.27 bits per heavy atom. The first-order valence-electron chi connectivity index (χ1n) is 4.80. The number of hydrogen-bond donors (Lipinski definition) is 0. The van der Waals surface area contributed by atoms with Crippen molar-refractivity contribution in [3.05, 3.63) is 52.5 Å². The van der Waals surface area contributed by atoms with E-state index in [1.165, 1.54) is 0 Å². The lowest BCUT2D eigenvalue weighted by molar-refractivity contribution is 0.0983. The summed E-state index contributed by atoms with van der Waals surface area (Å²) in [6.07, 6.45) is 4.87. The van der Waals surface area contributed by atoms with Crippen molar-refractivity contribution in [2.75, 3.05) is 0 Å². The lowest BCUT2D eigenvalue weighted by atomic mass is 10.1. The van der Waals surface area contributed by atoms with Crippen molar-refractivity contribution in [2.45, 2.75) is 12.8 Å². The van der Waals surface area contributed by atoms with Crippen molar-refractivity contribution in [3.63, 3.8) is 0 Å². The summed E-state index contributed by atoms with van der Waals surface area (Å²) in [5.74, 6) is 0.216. The highest BCUT2D eigenvalue weighted by atomic mass is 32.1. The first-order valence-corrected chi connectivity index (χ1v) is 5.75. The van der Waals surface area contributed by atoms with Gasteiger partial charge in [-0.3, -0.25) is 9.78 Å². The van der Waals surface area contributed by atoms with Crippen LogP contribution in [0.2, 0.25) is 0 Å². The third-order valence-corrected chi connectivity index (χ3v) is 2.92. The number of ketones is 1. The molecule has 0 spiro atoms. The van der Waals surface area contributed by atoms with Crippen LogP contribution >= 0.6 is 11.3 Å². The van der Waals surface area contributed by atoms with Gasteiger partial charge in [-0.2, -0.15) is 11.3 Å². The van der Waals surface area contributed by atoms with Crippen molar-refractivity contribution in [1.29, 1.82) is 0 Å². The highest BCUT2D eigenvalue weighted by molar-refractivity contribution is 7.08. The van der Waals surface area contributed by atoms with Gasteiger partial charge in [-0.05, 0) is 35.6 Å². The van der Waals surface area contributed by atoms with Gasteiger partial charge in [-0.1, -0.05) is 0 Å². The van der Waals surface area contributed by atoms with E-state index in [-0.39, 0.29) is 5.78 Å². The second kappa shape index (κ2) is 4.84. The van der Waals surface area contributed by atoms with Crippen LogP contribution in [0.1, 0.15) is 22.3 Å². The van der Waals surface area contributed by atoms with Crippen LogP contribution < -0.4 is 0 Å². The predicted octanol–water partition coefficient (Wildman–Crippen LogP) is 2.96. The molecule has 0 saturated carbocycles. The Bertz CT molecular complexity index is 422. The Labute approximate surface area is 92.6 Å². The third kappa shape index (κ3) is 2.73. The Morgan fingerprint density at radius 3 is 2.73 bits per heavy atom. The van der Waals surface area contributed by atoms with Crippen molar-refractivity contribution in [1.82, 2.24) is 4.98 Å². The molecule has 0 atom stereocenters. The van der Waals surface area contributed by atoms with Crippen LogP contribution in [-0.2, 0) is 6.42 Å². The molecule has 15 heavy (non-hydrogen) atoms. The maximum Gasteiger partial charge on any atom is 0.164 e. The molecule has 0 unspecified atom stereocenters. The van der Waals surface area contributed by atoms with Gasteiger partial charge in [0, 0.05) is 29.8 Å². The minimum Gasteiger partial charge on any atom is -0.294 e. The van der Waals surface area contributed by atoms with Crippen LogP contribution in [0.3, 0.4) is 0 Å². The summed E-state index contributed by atoms with van der Waals surface area (Å²) >= 11 is 1.56. The number of carbonyl (C=O) groups is 1. The Hall–Kier alpha value is -1.48. The summed E-state index contributed by atoms with van der Waals surface area (Å²) in [4.78, 5) is 15.6. The molecule has 0 aliphatic rings. The summed E-state index contributed by atoms with van der Waals surface area (Å²) in [5.41, 5.74) is 1.99. The second-order valence-corrected chi connectivity index (χ2v) is 4.07. The fourth-order valence-corrected chi connectivity index (χ4v) is 2.04. The summed E-state index contributed by atoms with van der Waals surface area (Å²) in [6.45, 7) is 0. The molecule has 76 valence electrons. The summed E-state index contributed by atoms with van der Waals surface area (Å²) in [6, 6.07) is 5.77. The fourth-order valence-electron chi connectivity index (χ4n) is 1.37. The molecule has 2 nitrogen and oxygen atoms in total. The van der Waals surface area contributed by atoms with E-state index in [9.17, 15) is 4.79 Å². The molecule has 2 rings (SSSR count). The normalized spacial score (nSPS) is 10.1. The first kappa shape index (κ1) is 10.1. The number of thiophene rings is 1. The van der Waals surface area contributed by atoms with Crippen LogP contribution in [0.25, 0.3) is 0 Å². The van der Waals surface area contributed by atoms with Crippen LogP contribution in [0, 0.1) is 0 Å². The van der Waals surface area contributed by atoms with Gasteiger partial charge in [0.2, 0.25) is 0 Å². The Morgan fingerprint density at radius 2 is 2.07 bits per heavy atom. The van der Waals surface area contributed by atoms with E-state index in [2.05, 4.69) is 4.98 Å². The number of hydrogen-bond acceptors (Lipinski definition) is 3. The SMILES string of the molecule is O=C(CCc1ccncc1)c1ccsc1. The maximum absolute atomic E-state index is 11.7. The summed E-state index contributed by atoms with van der Waals surface area (Å²) in [5, 5.41) is 3.83. The zero-order valence-corrected chi connectivity index (χ0v) is 9.04. The van der Waals surface area contributed by atoms with E-state index in [1.807, 2.05) is 29.0 Å². The zero-order chi connectivity index (χ0) is 10.5. The highest BCUT2D eigenvalue weighted by Crippen LogP contribution is 2.11. The minimum absolute atomic E-state index is 0.216. The molecular weight excluding hydrogens is 206 g/mol. The molecule has 2 heterocycles. The van der Waals surface area contributed by atoms with Gasteiger partial charge >= 0.3 is 0 Å². The largest absolute Gasteiger partial charge is 0.294 e. The molecule has 0 saturated heterocycles. The highest BCUT2D eigenvalue weighted by Gasteiger charge is 2.05. The van der Waals surface area contributed by atoms with E-state index >= 15 is 0 Å². The molecule has 0 amide bonds. The quantitative estimate of drug-likeness (QED) is 0.737. The molecular formula is C12H11NOS. The lowest BCUT2D eigenvalue weighted by Crippen LogP contribution is -1.99. The van der Waals surface area contributed by atoms with Gasteiger partial charge in [-0.25, -0.2) is 0 Å². The summed E-state index contributed by atoms with van der Waals surface area (Å²) in [7, 11) is 0. The van der Waals surface area contributed by atoms with Crippen LogP contribution in [-0.4, -0.2) is 10.8 Å². The van der Waals surface area contributed by atoms with E-state index in [1.54, 1.807) is 23.7 Å². The third-order valence-electron chi connectivity index (χ3n) is 2.23. The van der Waals surface area contributed by atoms with Gasteiger partial charge in [0.25, 0.3) is 0 Å². The van der Waals surface area contributed by atoms with Gasteiger partial charge in [0.1, 0.15) is 0 Å². The van der Waals surface area contributed by atoms with E-state index in [0.717, 1.165) is 17.5 Å². The van der Waals surface area contributed by atoms with Gasteiger partial charge in [0.05, 0.1) is 0 Å². The Balaban J connectivity index is 1.92. The maximum atomic E-state index is 11.7. The predicted molar refractivity (Wildman–Crippen MR) is 61.2 cm³/mol. The number of Topliss-reactive ketones (excluding diaryl/α,β-unsaturated/α-hetero) is 1. The van der Waals surface area contributed by atoms with Crippen molar-refractivity contribution >= 4 is 17.1 Å². The number of pyridine rings is 1. The molecule has 0 radical (unpaired) electrons. The molecule has 0 aliphatic heterocycles. The van der Waals surface area contributed by atoms with Crippen LogP contribution in [0.5, 0.6) is 0 Å². The molecule has 3 heteroatoms. The molecule has 0 bridgehead atoms. The summed E-state index contributed by atoms with van der Waals surface area (Å²) < 4.78 is 0. The van der Waals surface area contributed by atoms with E-state index < -0.39 is 0 Å². The fraction of sp³-hybridized carbons (Fsp3) is 0.167. The Kier molecular flexibility index (Phi) is 3.25. The number of aromatic nitrogens is 1. The first-order chi connectivity index (χ1) is 7.36. The topological polar surface area (TPSA) is 30.0 Å². The van der Waals surface area contributed by atoms with Crippen LogP contribution in [0.4, 0.5) is 0 Å².